The summed E-state index contributed by atoms with van der Waals surface area (Å²) in [5.74, 6) is -0.348. The van der Waals surface area contributed by atoms with Crippen LogP contribution in [0.4, 0.5) is 4.79 Å². The number of hydrogen-bond acceptors (Lipinski definition) is 6. The van der Waals surface area contributed by atoms with Gasteiger partial charge in [0.05, 0.1) is 11.5 Å². The molecule has 0 aromatic heterocycles. The second kappa shape index (κ2) is 10.2. The molecule has 0 radical (unpaired) electrons. The molecule has 10 heteroatoms. The molecule has 1 aromatic rings. The first kappa shape index (κ1) is 24.1. The predicted octanol–water partition coefficient (Wildman–Crippen LogP) is 1.74. The number of rotatable bonds is 7. The zero-order chi connectivity index (χ0) is 22.4. The lowest BCUT2D eigenvalue weighted by Gasteiger charge is -2.33. The second-order valence-electron chi connectivity index (χ2n) is 8.13. The summed E-state index contributed by atoms with van der Waals surface area (Å²) in [6, 6.07) is 5.78. The van der Waals surface area contributed by atoms with E-state index in [4.69, 9.17) is 9.47 Å². The normalized spacial score (nSPS) is 15.7. The first-order valence-electron chi connectivity index (χ1n) is 9.89. The number of nitrogens with one attached hydrogen (secondary N) is 2. The fourth-order valence-electron chi connectivity index (χ4n) is 2.97. The van der Waals surface area contributed by atoms with E-state index in [1.807, 2.05) is 20.8 Å². The third-order valence-electron chi connectivity index (χ3n) is 4.49. The molecule has 1 saturated heterocycles. The van der Waals surface area contributed by atoms with E-state index in [1.54, 1.807) is 11.0 Å². The van der Waals surface area contributed by atoms with Crippen molar-refractivity contribution in [2.45, 2.75) is 50.2 Å². The average Bonchev–Trinajstić information content (AvgIpc) is 2.67. The Kier molecular flexibility index (Phi) is 8.22. The van der Waals surface area contributed by atoms with Crippen LogP contribution in [0.15, 0.2) is 29.2 Å². The van der Waals surface area contributed by atoms with Crippen molar-refractivity contribution >= 4 is 22.0 Å². The molecule has 2 amide bonds. The van der Waals surface area contributed by atoms with Crippen LogP contribution in [0, 0.1) is 0 Å². The lowest BCUT2D eigenvalue weighted by Crippen LogP contribution is -2.47. The SMILES string of the molecule is COCCNS(=O)(=O)c1cccc(C(=O)NC2CCN(C(=O)OC(C)(C)C)CC2)c1. The highest BCUT2D eigenvalue weighted by atomic mass is 32.2. The van der Waals surface area contributed by atoms with Crippen molar-refractivity contribution in [2.75, 3.05) is 33.4 Å². The molecule has 168 valence electrons. The Labute approximate surface area is 178 Å². The number of likely N-dealkylation sites (tertiary alicyclic amines) is 1. The number of carbonyl (C=O) groups is 2. The smallest absolute Gasteiger partial charge is 0.410 e. The molecule has 0 atom stereocenters. The Morgan fingerprint density at radius 1 is 1.20 bits per heavy atom. The van der Waals surface area contributed by atoms with Gasteiger partial charge in [-0.1, -0.05) is 6.07 Å². The number of amides is 2. The average molecular weight is 442 g/mol. The van der Waals surface area contributed by atoms with Crippen molar-refractivity contribution in [2.24, 2.45) is 0 Å². The van der Waals surface area contributed by atoms with Crippen molar-refractivity contribution in [1.82, 2.24) is 14.9 Å². The standard InChI is InChI=1S/C20H31N3O6S/c1-20(2,3)29-19(25)23-11-8-16(9-12-23)22-18(24)15-6-5-7-17(14-15)30(26,27)21-10-13-28-4/h5-7,14,16,21H,8-13H2,1-4H3,(H,22,24). The molecule has 0 saturated carbocycles. The monoisotopic (exact) mass is 441 g/mol. The highest BCUT2D eigenvalue weighted by molar-refractivity contribution is 7.89. The van der Waals surface area contributed by atoms with Gasteiger partial charge in [-0.15, -0.1) is 0 Å². The van der Waals surface area contributed by atoms with Crippen LogP contribution in [0.5, 0.6) is 0 Å². The molecular weight excluding hydrogens is 410 g/mol. The Morgan fingerprint density at radius 2 is 1.87 bits per heavy atom. The van der Waals surface area contributed by atoms with E-state index in [1.165, 1.54) is 25.3 Å². The summed E-state index contributed by atoms with van der Waals surface area (Å²) in [5.41, 5.74) is -0.287. The zero-order valence-electron chi connectivity index (χ0n) is 17.9. The molecule has 9 nitrogen and oxygen atoms in total. The van der Waals surface area contributed by atoms with E-state index >= 15 is 0 Å². The van der Waals surface area contributed by atoms with E-state index in [9.17, 15) is 18.0 Å². The summed E-state index contributed by atoms with van der Waals surface area (Å²) in [6.45, 7) is 6.82. The quantitative estimate of drug-likeness (QED) is 0.623. The summed E-state index contributed by atoms with van der Waals surface area (Å²) in [6.07, 6.45) is 0.842. The van der Waals surface area contributed by atoms with Gasteiger partial charge in [-0.05, 0) is 51.8 Å². The Morgan fingerprint density at radius 3 is 2.47 bits per heavy atom. The molecule has 0 spiro atoms. The molecule has 1 heterocycles. The molecule has 1 fully saturated rings. The molecule has 1 aliphatic heterocycles. The Hall–Kier alpha value is -2.17. The number of ether oxygens (including phenoxy) is 2. The van der Waals surface area contributed by atoms with Gasteiger partial charge in [-0.2, -0.15) is 0 Å². The number of benzene rings is 1. The second-order valence-corrected chi connectivity index (χ2v) is 9.90. The van der Waals surface area contributed by atoms with Crippen molar-refractivity contribution < 1.29 is 27.5 Å². The number of piperidine rings is 1. The molecule has 1 aliphatic rings. The van der Waals surface area contributed by atoms with Gasteiger partial charge in [-0.3, -0.25) is 4.79 Å². The highest BCUT2D eigenvalue weighted by Gasteiger charge is 2.27. The maximum atomic E-state index is 12.6. The fourth-order valence-corrected chi connectivity index (χ4v) is 4.03. The maximum Gasteiger partial charge on any atom is 0.410 e. The van der Waals surface area contributed by atoms with Crippen molar-refractivity contribution in [3.05, 3.63) is 29.8 Å². The van der Waals surface area contributed by atoms with Crippen molar-refractivity contribution in [3.63, 3.8) is 0 Å². The number of methoxy groups -OCH3 is 1. The van der Waals surface area contributed by atoms with E-state index in [-0.39, 0.29) is 41.7 Å². The van der Waals surface area contributed by atoms with Gasteiger partial charge < -0.3 is 19.7 Å². The minimum atomic E-state index is -3.72. The molecular formula is C20H31N3O6S. The van der Waals surface area contributed by atoms with Crippen LogP contribution >= 0.6 is 0 Å². The Bertz CT molecular complexity index is 842. The Balaban J connectivity index is 1.92. The number of sulfonamides is 1. The minimum Gasteiger partial charge on any atom is -0.444 e. The van der Waals surface area contributed by atoms with Gasteiger partial charge in [0.2, 0.25) is 10.0 Å². The van der Waals surface area contributed by atoms with Crippen LogP contribution in [-0.2, 0) is 19.5 Å². The van der Waals surface area contributed by atoms with Crippen LogP contribution in [0.1, 0.15) is 44.0 Å². The third-order valence-corrected chi connectivity index (χ3v) is 5.95. The van der Waals surface area contributed by atoms with Crippen LogP contribution in [-0.4, -0.2) is 70.3 Å². The van der Waals surface area contributed by atoms with Crippen LogP contribution in [0.2, 0.25) is 0 Å². The van der Waals surface area contributed by atoms with Crippen molar-refractivity contribution in [3.8, 4) is 0 Å². The molecule has 2 N–H and O–H groups in total. The van der Waals surface area contributed by atoms with E-state index < -0.39 is 15.6 Å². The summed E-state index contributed by atoms with van der Waals surface area (Å²) in [7, 11) is -2.24. The summed E-state index contributed by atoms with van der Waals surface area (Å²) < 4.78 is 37.3. The third kappa shape index (κ3) is 7.26. The first-order chi connectivity index (χ1) is 14.0. The van der Waals surface area contributed by atoms with Gasteiger partial charge >= 0.3 is 6.09 Å². The van der Waals surface area contributed by atoms with Crippen molar-refractivity contribution in [1.29, 1.82) is 0 Å². The molecule has 30 heavy (non-hydrogen) atoms. The van der Waals surface area contributed by atoms with Crippen LogP contribution in [0.3, 0.4) is 0 Å². The number of nitrogens with zero attached hydrogens (tertiary/aromatic N) is 1. The van der Waals surface area contributed by atoms with Crippen LogP contribution < -0.4 is 10.0 Å². The van der Waals surface area contributed by atoms with Gasteiger partial charge in [0.15, 0.2) is 0 Å². The molecule has 2 rings (SSSR count). The highest BCUT2D eigenvalue weighted by Crippen LogP contribution is 2.17. The lowest BCUT2D eigenvalue weighted by atomic mass is 10.0. The fraction of sp³-hybridized carbons (Fsp3) is 0.600. The van der Waals surface area contributed by atoms with Crippen LogP contribution in [0.25, 0.3) is 0 Å². The number of carbonyl (C=O) groups excluding carboxylic acids is 2. The largest absolute Gasteiger partial charge is 0.444 e. The van der Waals surface area contributed by atoms with E-state index in [0.717, 1.165) is 0 Å². The molecule has 0 bridgehead atoms. The van der Waals surface area contributed by atoms with E-state index in [2.05, 4.69) is 10.0 Å². The first-order valence-corrected chi connectivity index (χ1v) is 11.4. The predicted molar refractivity (Wildman–Crippen MR) is 112 cm³/mol. The topological polar surface area (TPSA) is 114 Å². The summed E-state index contributed by atoms with van der Waals surface area (Å²) >= 11 is 0. The zero-order valence-corrected chi connectivity index (χ0v) is 18.8. The van der Waals surface area contributed by atoms with Gasteiger partial charge in [0.25, 0.3) is 5.91 Å². The molecule has 0 unspecified atom stereocenters. The lowest BCUT2D eigenvalue weighted by molar-refractivity contribution is 0.0199. The van der Waals surface area contributed by atoms with Gasteiger partial charge in [0, 0.05) is 38.3 Å². The van der Waals surface area contributed by atoms with Gasteiger partial charge in [0.1, 0.15) is 5.60 Å². The summed E-state index contributed by atoms with van der Waals surface area (Å²) in [4.78, 5) is 26.4. The maximum absolute atomic E-state index is 12.6. The summed E-state index contributed by atoms with van der Waals surface area (Å²) in [5, 5.41) is 2.92. The number of hydrogen-bond donors (Lipinski definition) is 2. The molecule has 1 aromatic carbocycles. The molecule has 0 aliphatic carbocycles. The van der Waals surface area contributed by atoms with Gasteiger partial charge in [-0.25, -0.2) is 17.9 Å². The minimum absolute atomic E-state index is 0.0194. The van der Waals surface area contributed by atoms with E-state index in [0.29, 0.717) is 25.9 Å².